The van der Waals surface area contributed by atoms with Crippen LogP contribution in [0, 0.1) is 11.8 Å². The topological polar surface area (TPSA) is 37.3 Å². The van der Waals surface area contributed by atoms with Gasteiger partial charge in [0.2, 0.25) is 0 Å². The van der Waals surface area contributed by atoms with Gasteiger partial charge in [0.15, 0.2) is 0 Å². The summed E-state index contributed by atoms with van der Waals surface area (Å²) in [5, 5.41) is 8.53. The van der Waals surface area contributed by atoms with Gasteiger partial charge in [-0.3, -0.25) is 4.79 Å². The van der Waals surface area contributed by atoms with Gasteiger partial charge in [0.05, 0.1) is 0 Å². The van der Waals surface area contributed by atoms with Crippen molar-refractivity contribution in [1.82, 2.24) is 0 Å². The van der Waals surface area contributed by atoms with E-state index < -0.39 is 5.97 Å². The molecule has 0 heterocycles. The highest BCUT2D eigenvalue weighted by atomic mass is 16.4. The van der Waals surface area contributed by atoms with Gasteiger partial charge in [-0.1, -0.05) is 19.8 Å². The lowest BCUT2D eigenvalue weighted by molar-refractivity contribution is -0.138. The van der Waals surface area contributed by atoms with Crippen molar-refractivity contribution >= 4 is 5.97 Å². The van der Waals surface area contributed by atoms with Crippen LogP contribution < -0.4 is 0 Å². The van der Waals surface area contributed by atoms with Crippen LogP contribution in [0.2, 0.25) is 0 Å². The lowest BCUT2D eigenvalue weighted by Gasteiger charge is -2.05. The summed E-state index contributed by atoms with van der Waals surface area (Å²) in [6.45, 7) is 2.19. The zero-order chi connectivity index (χ0) is 8.27. The van der Waals surface area contributed by atoms with Crippen LogP contribution in [0.3, 0.4) is 0 Å². The van der Waals surface area contributed by atoms with E-state index in [4.69, 9.17) is 5.11 Å². The summed E-state index contributed by atoms with van der Waals surface area (Å²) in [6.07, 6.45) is 5.12. The first kappa shape index (κ1) is 8.57. The molecule has 0 spiro atoms. The van der Waals surface area contributed by atoms with Gasteiger partial charge >= 0.3 is 5.97 Å². The molecule has 64 valence electrons. The highest BCUT2D eigenvalue weighted by molar-refractivity contribution is 5.67. The van der Waals surface area contributed by atoms with E-state index in [9.17, 15) is 4.79 Å². The SMILES string of the molecule is CCC1CCC(CC(=O)O)C1. The minimum atomic E-state index is -0.633. The summed E-state index contributed by atoms with van der Waals surface area (Å²) >= 11 is 0. The molecule has 11 heavy (non-hydrogen) atoms. The first-order chi connectivity index (χ1) is 5.22. The van der Waals surface area contributed by atoms with E-state index in [1.54, 1.807) is 0 Å². The Kier molecular flexibility index (Phi) is 2.92. The molecule has 0 amide bonds. The van der Waals surface area contributed by atoms with Gasteiger partial charge < -0.3 is 5.11 Å². The molecule has 1 saturated carbocycles. The number of aliphatic carboxylic acids is 1. The van der Waals surface area contributed by atoms with E-state index in [0.29, 0.717) is 12.3 Å². The van der Waals surface area contributed by atoms with E-state index in [2.05, 4.69) is 6.92 Å². The first-order valence-corrected chi connectivity index (χ1v) is 4.44. The molecule has 0 radical (unpaired) electrons. The minimum absolute atomic E-state index is 0.385. The second-order valence-corrected chi connectivity index (χ2v) is 3.55. The molecule has 0 saturated heterocycles. The number of carboxylic acid groups (broad SMARTS) is 1. The molecule has 0 bridgehead atoms. The highest BCUT2D eigenvalue weighted by Crippen LogP contribution is 2.34. The monoisotopic (exact) mass is 156 g/mol. The predicted molar refractivity (Wildman–Crippen MR) is 43.4 cm³/mol. The Labute approximate surface area is 67.6 Å². The van der Waals surface area contributed by atoms with Crippen molar-refractivity contribution in [2.24, 2.45) is 11.8 Å². The quantitative estimate of drug-likeness (QED) is 0.680. The third-order valence-corrected chi connectivity index (χ3v) is 2.69. The zero-order valence-corrected chi connectivity index (χ0v) is 7.05. The van der Waals surface area contributed by atoms with Crippen LogP contribution in [0.1, 0.15) is 39.0 Å². The zero-order valence-electron chi connectivity index (χ0n) is 7.05. The smallest absolute Gasteiger partial charge is 0.303 e. The fourth-order valence-corrected chi connectivity index (χ4v) is 1.98. The second-order valence-electron chi connectivity index (χ2n) is 3.55. The number of carboxylic acids is 1. The molecule has 0 aromatic heterocycles. The Bertz CT molecular complexity index is 142. The Morgan fingerprint density at radius 3 is 2.55 bits per heavy atom. The maximum absolute atomic E-state index is 10.4. The van der Waals surface area contributed by atoms with E-state index in [1.165, 1.54) is 12.8 Å². The van der Waals surface area contributed by atoms with Crippen LogP contribution in [-0.2, 0) is 4.79 Å². The molecular formula is C9H16O2. The van der Waals surface area contributed by atoms with Gasteiger partial charge in [-0.05, 0) is 24.7 Å². The Hall–Kier alpha value is -0.530. The van der Waals surface area contributed by atoms with Crippen molar-refractivity contribution < 1.29 is 9.90 Å². The van der Waals surface area contributed by atoms with Gasteiger partial charge in [0.25, 0.3) is 0 Å². The van der Waals surface area contributed by atoms with Crippen molar-refractivity contribution in [3.8, 4) is 0 Å². The lowest BCUT2D eigenvalue weighted by atomic mass is 10.0. The number of hydrogen-bond donors (Lipinski definition) is 1. The van der Waals surface area contributed by atoms with Gasteiger partial charge in [-0.15, -0.1) is 0 Å². The van der Waals surface area contributed by atoms with E-state index in [-0.39, 0.29) is 0 Å². The maximum atomic E-state index is 10.4. The molecule has 0 aromatic carbocycles. The maximum Gasteiger partial charge on any atom is 0.303 e. The molecule has 0 aromatic rings. The van der Waals surface area contributed by atoms with Crippen molar-refractivity contribution in [1.29, 1.82) is 0 Å². The summed E-state index contributed by atoms with van der Waals surface area (Å²) in [7, 11) is 0. The highest BCUT2D eigenvalue weighted by Gasteiger charge is 2.24. The lowest BCUT2D eigenvalue weighted by Crippen LogP contribution is -2.04. The summed E-state index contributed by atoms with van der Waals surface area (Å²) in [5.74, 6) is 0.642. The largest absolute Gasteiger partial charge is 0.481 e. The molecule has 1 aliphatic rings. The summed E-state index contributed by atoms with van der Waals surface area (Å²) < 4.78 is 0. The van der Waals surface area contributed by atoms with Crippen LogP contribution in [0.15, 0.2) is 0 Å². The summed E-state index contributed by atoms with van der Waals surface area (Å²) in [4.78, 5) is 10.4. The van der Waals surface area contributed by atoms with Gasteiger partial charge in [0.1, 0.15) is 0 Å². The van der Waals surface area contributed by atoms with E-state index in [1.807, 2.05) is 0 Å². The van der Waals surface area contributed by atoms with Crippen molar-refractivity contribution in [2.45, 2.75) is 39.0 Å². The van der Waals surface area contributed by atoms with Crippen LogP contribution in [0.4, 0.5) is 0 Å². The van der Waals surface area contributed by atoms with Gasteiger partial charge in [-0.25, -0.2) is 0 Å². The summed E-state index contributed by atoms with van der Waals surface area (Å²) in [6, 6.07) is 0. The molecule has 2 nitrogen and oxygen atoms in total. The fourth-order valence-electron chi connectivity index (χ4n) is 1.98. The van der Waals surface area contributed by atoms with Gasteiger partial charge in [0, 0.05) is 6.42 Å². The van der Waals surface area contributed by atoms with Crippen molar-refractivity contribution in [2.75, 3.05) is 0 Å². The van der Waals surface area contributed by atoms with Crippen molar-refractivity contribution in [3.05, 3.63) is 0 Å². The standard InChI is InChI=1S/C9H16O2/c1-2-7-3-4-8(5-7)6-9(10)11/h7-8H,2-6H2,1H3,(H,10,11). The Balaban J connectivity index is 2.24. The van der Waals surface area contributed by atoms with Crippen LogP contribution in [-0.4, -0.2) is 11.1 Å². The average Bonchev–Trinajstić information content (AvgIpc) is 2.34. The molecule has 1 N–H and O–H groups in total. The normalized spacial score (nSPS) is 30.6. The number of carbonyl (C=O) groups is 1. The first-order valence-electron chi connectivity index (χ1n) is 4.44. The fraction of sp³-hybridized carbons (Fsp3) is 0.889. The average molecular weight is 156 g/mol. The molecule has 1 rings (SSSR count). The number of rotatable bonds is 3. The van der Waals surface area contributed by atoms with Crippen molar-refractivity contribution in [3.63, 3.8) is 0 Å². The van der Waals surface area contributed by atoms with Crippen LogP contribution >= 0.6 is 0 Å². The van der Waals surface area contributed by atoms with E-state index >= 15 is 0 Å². The summed E-state index contributed by atoms with van der Waals surface area (Å²) in [5.41, 5.74) is 0. The van der Waals surface area contributed by atoms with Crippen LogP contribution in [0.25, 0.3) is 0 Å². The predicted octanol–water partition coefficient (Wildman–Crippen LogP) is 2.29. The molecule has 1 fully saturated rings. The number of hydrogen-bond acceptors (Lipinski definition) is 1. The Morgan fingerprint density at radius 1 is 1.45 bits per heavy atom. The molecule has 2 unspecified atom stereocenters. The second kappa shape index (κ2) is 3.74. The Morgan fingerprint density at radius 2 is 2.09 bits per heavy atom. The molecular weight excluding hydrogens is 140 g/mol. The third-order valence-electron chi connectivity index (χ3n) is 2.69. The van der Waals surface area contributed by atoms with Crippen LogP contribution in [0.5, 0.6) is 0 Å². The molecule has 1 aliphatic carbocycles. The minimum Gasteiger partial charge on any atom is -0.481 e. The van der Waals surface area contributed by atoms with E-state index in [0.717, 1.165) is 18.8 Å². The van der Waals surface area contributed by atoms with Gasteiger partial charge in [-0.2, -0.15) is 0 Å². The molecule has 0 aliphatic heterocycles. The molecule has 2 heteroatoms. The third kappa shape index (κ3) is 2.52. The molecule has 2 atom stereocenters.